The molecule has 0 radical (unpaired) electrons. The van der Waals surface area contributed by atoms with Gasteiger partial charge < -0.3 is 10.4 Å². The molecule has 1 atom stereocenters. The lowest BCUT2D eigenvalue weighted by Crippen LogP contribution is -2.33. The van der Waals surface area contributed by atoms with Crippen molar-refractivity contribution in [3.8, 4) is 0 Å². The molecule has 0 fully saturated rings. The first-order chi connectivity index (χ1) is 8.40. The van der Waals surface area contributed by atoms with Crippen molar-refractivity contribution in [2.45, 2.75) is 26.4 Å². The van der Waals surface area contributed by atoms with E-state index in [0.717, 1.165) is 18.2 Å². The molecule has 0 aromatic heterocycles. The van der Waals surface area contributed by atoms with Gasteiger partial charge in [-0.05, 0) is 30.5 Å². The van der Waals surface area contributed by atoms with E-state index in [4.69, 9.17) is 0 Å². The van der Waals surface area contributed by atoms with Gasteiger partial charge in [0.25, 0.3) is 5.91 Å². The molecule has 0 heterocycles. The van der Waals surface area contributed by atoms with Crippen LogP contribution < -0.4 is 5.32 Å². The van der Waals surface area contributed by atoms with Gasteiger partial charge in [0.05, 0.1) is 11.7 Å². The molecule has 1 rings (SSSR count). The second-order valence-corrected chi connectivity index (χ2v) is 4.62. The van der Waals surface area contributed by atoms with Crippen LogP contribution in [0.4, 0.5) is 8.78 Å². The minimum atomic E-state index is -0.785. The molecule has 5 heteroatoms. The van der Waals surface area contributed by atoms with Crippen LogP contribution in [0, 0.1) is 17.6 Å². The number of hydrogen-bond acceptors (Lipinski definition) is 2. The Hall–Kier alpha value is -1.49. The predicted molar refractivity (Wildman–Crippen MR) is 64.2 cm³/mol. The summed E-state index contributed by atoms with van der Waals surface area (Å²) in [6.45, 7) is 3.90. The molecule has 1 aromatic rings. The average molecular weight is 257 g/mol. The SMILES string of the molecule is CC(C)C[C@H](O)CNC(=O)c1cc(F)ccc1F. The van der Waals surface area contributed by atoms with Gasteiger partial charge >= 0.3 is 0 Å². The standard InChI is InChI=1S/C13H17F2NO2/c1-8(2)5-10(17)7-16-13(18)11-6-9(14)3-4-12(11)15/h3-4,6,8,10,17H,5,7H2,1-2H3,(H,16,18)/t10-/m0/s1. The van der Waals surface area contributed by atoms with Gasteiger partial charge in [-0.3, -0.25) is 4.79 Å². The number of carbonyl (C=O) groups excluding carboxylic acids is 1. The van der Waals surface area contributed by atoms with Gasteiger partial charge in [0, 0.05) is 6.54 Å². The van der Waals surface area contributed by atoms with Crippen molar-refractivity contribution in [3.63, 3.8) is 0 Å². The fourth-order valence-corrected chi connectivity index (χ4v) is 1.60. The van der Waals surface area contributed by atoms with Crippen LogP contribution in [0.2, 0.25) is 0 Å². The van der Waals surface area contributed by atoms with Crippen molar-refractivity contribution in [3.05, 3.63) is 35.4 Å². The quantitative estimate of drug-likeness (QED) is 0.848. The topological polar surface area (TPSA) is 49.3 Å². The number of benzene rings is 1. The molecule has 3 nitrogen and oxygen atoms in total. The van der Waals surface area contributed by atoms with E-state index in [2.05, 4.69) is 5.32 Å². The molecular formula is C13H17F2NO2. The van der Waals surface area contributed by atoms with E-state index in [1.807, 2.05) is 13.8 Å². The maximum Gasteiger partial charge on any atom is 0.254 e. The van der Waals surface area contributed by atoms with E-state index in [0.29, 0.717) is 12.3 Å². The summed E-state index contributed by atoms with van der Waals surface area (Å²) in [4.78, 5) is 11.6. The van der Waals surface area contributed by atoms with Gasteiger partial charge in [0.15, 0.2) is 0 Å². The molecular weight excluding hydrogens is 240 g/mol. The fraction of sp³-hybridized carbons (Fsp3) is 0.462. The van der Waals surface area contributed by atoms with E-state index in [1.54, 1.807) is 0 Å². The highest BCUT2D eigenvalue weighted by atomic mass is 19.1. The number of amides is 1. The number of halogens is 2. The number of aliphatic hydroxyl groups is 1. The molecule has 0 saturated carbocycles. The van der Waals surface area contributed by atoms with E-state index in [-0.39, 0.29) is 12.1 Å². The minimum Gasteiger partial charge on any atom is -0.391 e. The average Bonchev–Trinajstić information content (AvgIpc) is 2.28. The normalized spacial score (nSPS) is 12.6. The fourth-order valence-electron chi connectivity index (χ4n) is 1.60. The zero-order valence-electron chi connectivity index (χ0n) is 10.4. The number of carbonyl (C=O) groups is 1. The van der Waals surface area contributed by atoms with Gasteiger partial charge in [-0.1, -0.05) is 13.8 Å². The molecule has 0 bridgehead atoms. The maximum atomic E-state index is 13.3. The Kier molecular flexibility index (Phi) is 5.22. The summed E-state index contributed by atoms with van der Waals surface area (Å²) in [6.07, 6.45) is -0.156. The Bertz CT molecular complexity index is 421. The van der Waals surface area contributed by atoms with Crippen molar-refractivity contribution < 1.29 is 18.7 Å². The summed E-state index contributed by atoms with van der Waals surface area (Å²) >= 11 is 0. The van der Waals surface area contributed by atoms with Crippen LogP contribution in [0.3, 0.4) is 0 Å². The van der Waals surface area contributed by atoms with E-state index in [1.165, 1.54) is 0 Å². The van der Waals surface area contributed by atoms with E-state index in [9.17, 15) is 18.7 Å². The molecule has 100 valence electrons. The molecule has 18 heavy (non-hydrogen) atoms. The Balaban J connectivity index is 2.58. The molecule has 1 aromatic carbocycles. The summed E-state index contributed by atoms with van der Waals surface area (Å²) in [5, 5.41) is 11.9. The molecule has 0 aliphatic heterocycles. The van der Waals surface area contributed by atoms with Crippen molar-refractivity contribution in [2.24, 2.45) is 5.92 Å². The summed E-state index contributed by atoms with van der Waals surface area (Å²) in [6, 6.07) is 2.67. The van der Waals surface area contributed by atoms with Crippen LogP contribution in [0.15, 0.2) is 18.2 Å². The highest BCUT2D eigenvalue weighted by molar-refractivity contribution is 5.94. The first kappa shape index (κ1) is 14.6. The molecule has 0 spiro atoms. The molecule has 0 saturated heterocycles. The number of rotatable bonds is 5. The van der Waals surface area contributed by atoms with Gasteiger partial charge in [-0.15, -0.1) is 0 Å². The maximum absolute atomic E-state index is 13.3. The Morgan fingerprint density at radius 2 is 2.06 bits per heavy atom. The number of nitrogens with one attached hydrogen (secondary N) is 1. The Labute approximate surface area is 105 Å². The monoisotopic (exact) mass is 257 g/mol. The van der Waals surface area contributed by atoms with Crippen molar-refractivity contribution in [2.75, 3.05) is 6.54 Å². The third kappa shape index (κ3) is 4.41. The van der Waals surface area contributed by atoms with Crippen LogP contribution in [0.25, 0.3) is 0 Å². The van der Waals surface area contributed by atoms with Crippen molar-refractivity contribution in [1.29, 1.82) is 0 Å². The zero-order chi connectivity index (χ0) is 13.7. The van der Waals surface area contributed by atoms with Crippen molar-refractivity contribution in [1.82, 2.24) is 5.32 Å². The molecule has 1 amide bonds. The van der Waals surface area contributed by atoms with Crippen LogP contribution in [0.1, 0.15) is 30.6 Å². The smallest absolute Gasteiger partial charge is 0.254 e. The Morgan fingerprint density at radius 3 is 2.67 bits per heavy atom. The van der Waals surface area contributed by atoms with Gasteiger partial charge in [-0.2, -0.15) is 0 Å². The van der Waals surface area contributed by atoms with Crippen LogP contribution >= 0.6 is 0 Å². The molecule has 0 unspecified atom stereocenters. The lowest BCUT2D eigenvalue weighted by Gasteiger charge is -2.14. The van der Waals surface area contributed by atoms with Crippen LogP contribution in [-0.4, -0.2) is 23.7 Å². The van der Waals surface area contributed by atoms with Gasteiger partial charge in [-0.25, -0.2) is 8.78 Å². The minimum absolute atomic E-state index is 0.0208. The van der Waals surface area contributed by atoms with Gasteiger partial charge in [0.1, 0.15) is 11.6 Å². The van der Waals surface area contributed by atoms with Gasteiger partial charge in [0.2, 0.25) is 0 Å². The highest BCUT2D eigenvalue weighted by Crippen LogP contribution is 2.10. The molecule has 0 aliphatic rings. The summed E-state index contributed by atoms with van der Waals surface area (Å²) in [5.41, 5.74) is -0.355. The summed E-state index contributed by atoms with van der Waals surface area (Å²) in [5.74, 6) is -1.89. The van der Waals surface area contributed by atoms with Crippen LogP contribution in [0.5, 0.6) is 0 Å². The lowest BCUT2D eigenvalue weighted by molar-refractivity contribution is 0.0896. The first-order valence-electron chi connectivity index (χ1n) is 5.81. The molecule has 2 N–H and O–H groups in total. The van der Waals surface area contributed by atoms with Crippen molar-refractivity contribution >= 4 is 5.91 Å². The summed E-state index contributed by atoms with van der Waals surface area (Å²) < 4.78 is 26.1. The van der Waals surface area contributed by atoms with E-state index < -0.39 is 23.6 Å². The van der Waals surface area contributed by atoms with E-state index >= 15 is 0 Å². The number of hydrogen-bond donors (Lipinski definition) is 2. The van der Waals surface area contributed by atoms with Crippen LogP contribution in [-0.2, 0) is 0 Å². The third-order valence-corrected chi connectivity index (χ3v) is 2.41. The Morgan fingerprint density at radius 1 is 1.39 bits per heavy atom. The first-order valence-corrected chi connectivity index (χ1v) is 5.81. The third-order valence-electron chi connectivity index (χ3n) is 2.41. The second kappa shape index (κ2) is 6.44. The second-order valence-electron chi connectivity index (χ2n) is 4.62. The number of aliphatic hydroxyl groups excluding tert-OH is 1. The molecule has 0 aliphatic carbocycles. The summed E-state index contributed by atoms with van der Waals surface area (Å²) in [7, 11) is 0. The zero-order valence-corrected chi connectivity index (χ0v) is 10.4. The largest absolute Gasteiger partial charge is 0.391 e. The highest BCUT2D eigenvalue weighted by Gasteiger charge is 2.14. The lowest BCUT2D eigenvalue weighted by atomic mass is 10.1. The predicted octanol–water partition coefficient (Wildman–Crippen LogP) is 2.10.